The number of nitrogen functional groups attached to an aromatic ring is 1. The monoisotopic (exact) mass is 208 g/mol. The number of nitrogens with two attached hydrogens (primary N) is 1. The number of fused-ring (bicyclic) bond motifs is 5. The smallest absolute Gasteiger partial charge is 0.180 e. The van der Waals surface area contributed by atoms with E-state index in [0.717, 1.165) is 5.13 Å². The summed E-state index contributed by atoms with van der Waals surface area (Å²) in [4.78, 5) is 6.01. The van der Waals surface area contributed by atoms with E-state index in [9.17, 15) is 0 Å². The molecule has 2 atom stereocenters. The third-order valence-electron chi connectivity index (χ3n) is 4.74. The molecule has 0 aliphatic heterocycles. The maximum Gasteiger partial charge on any atom is 0.180 e. The summed E-state index contributed by atoms with van der Waals surface area (Å²) in [7, 11) is 0. The van der Waals surface area contributed by atoms with E-state index < -0.39 is 0 Å². The molecule has 0 saturated heterocycles. The molecule has 2 aliphatic carbocycles. The number of aromatic nitrogens is 1. The molecule has 2 aliphatic rings. The first-order valence-electron chi connectivity index (χ1n) is 5.23. The van der Waals surface area contributed by atoms with E-state index in [1.54, 1.807) is 11.3 Å². The standard InChI is InChI=1S/C11H16N2S/c1-10(2)6-4-5-11(10,3)8-7(6)14-9(12)13-8/h6H,4-5H2,1-3H3,(H2,12,13)/t6-,11-/m0/s1. The van der Waals surface area contributed by atoms with Crippen molar-refractivity contribution < 1.29 is 0 Å². The van der Waals surface area contributed by atoms with Crippen LogP contribution in [0.2, 0.25) is 0 Å². The summed E-state index contributed by atoms with van der Waals surface area (Å²) in [6.07, 6.45) is 2.60. The Morgan fingerprint density at radius 2 is 2.14 bits per heavy atom. The molecule has 14 heavy (non-hydrogen) atoms. The summed E-state index contributed by atoms with van der Waals surface area (Å²) in [6, 6.07) is 0. The van der Waals surface area contributed by atoms with Crippen LogP contribution in [0.4, 0.5) is 5.13 Å². The highest BCUT2D eigenvalue weighted by molar-refractivity contribution is 7.15. The summed E-state index contributed by atoms with van der Waals surface area (Å²) in [5.74, 6) is 0.706. The Morgan fingerprint density at radius 1 is 1.43 bits per heavy atom. The van der Waals surface area contributed by atoms with Gasteiger partial charge < -0.3 is 5.73 Å². The van der Waals surface area contributed by atoms with Gasteiger partial charge in [0.2, 0.25) is 0 Å². The van der Waals surface area contributed by atoms with Crippen molar-refractivity contribution in [3.8, 4) is 0 Å². The minimum absolute atomic E-state index is 0.279. The zero-order valence-electron chi connectivity index (χ0n) is 8.92. The van der Waals surface area contributed by atoms with Crippen molar-refractivity contribution in [1.29, 1.82) is 0 Å². The van der Waals surface area contributed by atoms with Gasteiger partial charge >= 0.3 is 0 Å². The molecule has 0 radical (unpaired) electrons. The fraction of sp³-hybridized carbons (Fsp3) is 0.727. The predicted molar refractivity (Wildman–Crippen MR) is 59.6 cm³/mol. The van der Waals surface area contributed by atoms with Crippen LogP contribution in [0.5, 0.6) is 0 Å². The van der Waals surface area contributed by atoms with Crippen LogP contribution in [0.25, 0.3) is 0 Å². The second-order valence-electron chi connectivity index (χ2n) is 5.41. The highest BCUT2D eigenvalue weighted by atomic mass is 32.1. The Morgan fingerprint density at radius 3 is 2.79 bits per heavy atom. The molecule has 1 heterocycles. The summed E-state index contributed by atoms with van der Waals surface area (Å²) in [5.41, 5.74) is 7.77. The normalized spacial score (nSPS) is 37.5. The number of thiazole rings is 1. The van der Waals surface area contributed by atoms with Crippen LogP contribution in [-0.4, -0.2) is 4.98 Å². The second kappa shape index (κ2) is 2.16. The van der Waals surface area contributed by atoms with E-state index in [4.69, 9.17) is 5.73 Å². The Labute approximate surface area is 88.5 Å². The van der Waals surface area contributed by atoms with Crippen LogP contribution < -0.4 is 5.73 Å². The highest BCUT2D eigenvalue weighted by Crippen LogP contribution is 2.68. The van der Waals surface area contributed by atoms with Gasteiger partial charge in [-0.1, -0.05) is 20.8 Å². The highest BCUT2D eigenvalue weighted by Gasteiger charge is 2.61. The molecule has 0 spiro atoms. The van der Waals surface area contributed by atoms with E-state index in [1.165, 1.54) is 23.4 Å². The summed E-state index contributed by atoms with van der Waals surface area (Å²) in [6.45, 7) is 7.13. The average Bonchev–Trinajstić information content (AvgIpc) is 2.59. The largest absolute Gasteiger partial charge is 0.375 e. The molecule has 0 amide bonds. The zero-order chi connectivity index (χ0) is 10.1. The van der Waals surface area contributed by atoms with Gasteiger partial charge in [0.25, 0.3) is 0 Å². The van der Waals surface area contributed by atoms with Crippen molar-refractivity contribution in [2.75, 3.05) is 5.73 Å². The van der Waals surface area contributed by atoms with Crippen molar-refractivity contribution in [3.05, 3.63) is 10.6 Å². The molecule has 2 nitrogen and oxygen atoms in total. The molecular formula is C11H16N2S. The lowest BCUT2D eigenvalue weighted by Crippen LogP contribution is -2.31. The topological polar surface area (TPSA) is 38.9 Å². The molecule has 1 aromatic heterocycles. The van der Waals surface area contributed by atoms with E-state index in [2.05, 4.69) is 25.8 Å². The van der Waals surface area contributed by atoms with E-state index >= 15 is 0 Å². The van der Waals surface area contributed by atoms with Crippen LogP contribution in [0.3, 0.4) is 0 Å². The van der Waals surface area contributed by atoms with E-state index in [1.807, 2.05) is 0 Å². The fourth-order valence-corrected chi connectivity index (χ4v) is 4.65. The summed E-state index contributed by atoms with van der Waals surface area (Å²) in [5, 5.41) is 0.753. The molecule has 1 fully saturated rings. The van der Waals surface area contributed by atoms with Gasteiger partial charge in [-0.15, -0.1) is 11.3 Å². The third kappa shape index (κ3) is 0.691. The quantitative estimate of drug-likeness (QED) is 0.712. The molecule has 0 unspecified atom stereocenters. The van der Waals surface area contributed by atoms with Gasteiger partial charge in [0.1, 0.15) is 0 Å². The Balaban J connectivity index is 2.28. The SMILES string of the molecule is CC1(C)[C@H]2CC[C@@]1(C)c1nc(N)sc12. The van der Waals surface area contributed by atoms with Gasteiger partial charge in [-0.25, -0.2) is 4.98 Å². The van der Waals surface area contributed by atoms with Gasteiger partial charge in [0, 0.05) is 16.2 Å². The number of hydrogen-bond donors (Lipinski definition) is 1. The third-order valence-corrected chi connectivity index (χ3v) is 5.73. The molecular weight excluding hydrogens is 192 g/mol. The minimum Gasteiger partial charge on any atom is -0.375 e. The van der Waals surface area contributed by atoms with E-state index in [-0.39, 0.29) is 5.41 Å². The van der Waals surface area contributed by atoms with Crippen LogP contribution >= 0.6 is 11.3 Å². The van der Waals surface area contributed by atoms with Gasteiger partial charge in [-0.05, 0) is 18.3 Å². The van der Waals surface area contributed by atoms with Crippen LogP contribution in [0.15, 0.2) is 0 Å². The summed E-state index contributed by atoms with van der Waals surface area (Å²) < 4.78 is 0. The molecule has 3 heteroatoms. The number of hydrogen-bond acceptors (Lipinski definition) is 3. The lowest BCUT2D eigenvalue weighted by molar-refractivity contribution is 0.227. The van der Waals surface area contributed by atoms with Crippen LogP contribution in [-0.2, 0) is 5.41 Å². The molecule has 1 saturated carbocycles. The first kappa shape index (κ1) is 8.72. The lowest BCUT2D eigenvalue weighted by atomic mass is 9.70. The van der Waals surface area contributed by atoms with Crippen molar-refractivity contribution in [2.24, 2.45) is 5.41 Å². The maximum atomic E-state index is 5.80. The van der Waals surface area contributed by atoms with Crippen molar-refractivity contribution in [3.63, 3.8) is 0 Å². The molecule has 2 N–H and O–H groups in total. The number of rotatable bonds is 0. The number of nitrogens with zero attached hydrogens (tertiary/aromatic N) is 1. The molecule has 1 aromatic rings. The number of anilines is 1. The summed E-state index contributed by atoms with van der Waals surface area (Å²) >= 11 is 1.71. The fourth-order valence-electron chi connectivity index (χ4n) is 3.36. The Hall–Kier alpha value is -0.570. The van der Waals surface area contributed by atoms with Crippen molar-refractivity contribution in [2.45, 2.75) is 44.9 Å². The predicted octanol–water partition coefficient (Wildman–Crippen LogP) is 2.90. The average molecular weight is 208 g/mol. The molecule has 3 rings (SSSR count). The second-order valence-corrected chi connectivity index (χ2v) is 6.47. The maximum absolute atomic E-state index is 5.80. The van der Waals surface area contributed by atoms with Gasteiger partial charge in [0.05, 0.1) is 5.69 Å². The zero-order valence-corrected chi connectivity index (χ0v) is 9.74. The minimum atomic E-state index is 0.279. The molecule has 2 bridgehead atoms. The first-order chi connectivity index (χ1) is 6.47. The van der Waals surface area contributed by atoms with E-state index in [0.29, 0.717) is 11.3 Å². The van der Waals surface area contributed by atoms with Crippen molar-refractivity contribution >= 4 is 16.5 Å². The van der Waals surface area contributed by atoms with Crippen molar-refractivity contribution in [1.82, 2.24) is 4.98 Å². The first-order valence-corrected chi connectivity index (χ1v) is 6.05. The lowest BCUT2D eigenvalue weighted by Gasteiger charge is -2.34. The van der Waals surface area contributed by atoms with Gasteiger partial charge in [-0.3, -0.25) is 0 Å². The van der Waals surface area contributed by atoms with Crippen LogP contribution in [0, 0.1) is 5.41 Å². The van der Waals surface area contributed by atoms with Crippen LogP contribution in [0.1, 0.15) is 50.1 Å². The van der Waals surface area contributed by atoms with Gasteiger partial charge in [-0.2, -0.15) is 0 Å². The Bertz CT molecular complexity index is 407. The Kier molecular flexibility index (Phi) is 1.34. The molecule has 76 valence electrons. The van der Waals surface area contributed by atoms with Gasteiger partial charge in [0.15, 0.2) is 5.13 Å². The molecule has 0 aromatic carbocycles.